The summed E-state index contributed by atoms with van der Waals surface area (Å²) in [6.07, 6.45) is 9.72. The third-order valence-corrected chi connectivity index (χ3v) is 6.73. The van der Waals surface area contributed by atoms with Crippen LogP contribution in [0.3, 0.4) is 0 Å². The highest BCUT2D eigenvalue weighted by molar-refractivity contribution is 5.84. The Morgan fingerprint density at radius 3 is 1.63 bits per heavy atom. The van der Waals surface area contributed by atoms with Crippen LogP contribution in [-0.4, -0.2) is 18.0 Å². The second-order valence-corrected chi connectivity index (χ2v) is 9.37. The van der Waals surface area contributed by atoms with E-state index in [1.165, 1.54) is 0 Å². The van der Waals surface area contributed by atoms with Crippen LogP contribution in [0.5, 0.6) is 11.5 Å². The van der Waals surface area contributed by atoms with E-state index < -0.39 is 11.9 Å². The summed E-state index contributed by atoms with van der Waals surface area (Å²) in [6, 6.07) is 33.8. The normalized spacial score (nSPS) is 14.0. The zero-order chi connectivity index (χ0) is 28.6. The molecule has 5 nitrogen and oxygen atoms in total. The second-order valence-electron chi connectivity index (χ2n) is 9.37. The van der Waals surface area contributed by atoms with Crippen LogP contribution in [0, 0.1) is 0 Å². The maximum Gasteiger partial charge on any atom is 0.335 e. The summed E-state index contributed by atoms with van der Waals surface area (Å²) in [7, 11) is 0. The van der Waals surface area contributed by atoms with Crippen molar-refractivity contribution < 1.29 is 19.1 Å². The predicted molar refractivity (Wildman–Crippen MR) is 164 cm³/mol. The van der Waals surface area contributed by atoms with E-state index in [0.717, 1.165) is 52.2 Å². The number of carbonyl (C=O) groups excluding carboxylic acids is 2. The molecule has 0 N–H and O–H groups in total. The summed E-state index contributed by atoms with van der Waals surface area (Å²) >= 11 is 0. The lowest BCUT2D eigenvalue weighted by Gasteiger charge is -2.33. The molecule has 4 aromatic rings. The molecule has 5 heteroatoms. The molecule has 0 aliphatic heterocycles. The Morgan fingerprint density at radius 1 is 0.659 bits per heavy atom. The van der Waals surface area contributed by atoms with Gasteiger partial charge in [0.1, 0.15) is 11.5 Å². The molecular weight excluding hydrogens is 510 g/mol. The van der Waals surface area contributed by atoms with E-state index in [1.807, 2.05) is 42.5 Å². The first-order valence-corrected chi connectivity index (χ1v) is 13.3. The van der Waals surface area contributed by atoms with E-state index in [1.54, 1.807) is 24.3 Å². The molecule has 1 aliphatic rings. The Hall–Kier alpha value is -5.42. The molecule has 0 aromatic heterocycles. The number of ether oxygens (including phenoxy) is 2. The predicted octanol–water partition coefficient (Wildman–Crippen LogP) is 8.09. The lowest BCUT2D eigenvalue weighted by atomic mass is 9.95. The lowest BCUT2D eigenvalue weighted by molar-refractivity contribution is -0.129. The number of rotatable bonds is 9. The molecule has 0 saturated heterocycles. The number of benzene rings is 4. The van der Waals surface area contributed by atoms with Crippen molar-refractivity contribution in [1.29, 1.82) is 0 Å². The lowest BCUT2D eigenvalue weighted by Crippen LogP contribution is -2.30. The van der Waals surface area contributed by atoms with Crippen molar-refractivity contribution in [3.8, 4) is 22.6 Å². The molecular formula is C36H29NO4. The monoisotopic (exact) mass is 539 g/mol. The van der Waals surface area contributed by atoms with Gasteiger partial charge < -0.3 is 14.4 Å². The SMILES string of the molecule is C=CC(=O)Oc1ccc(C2=CCC(N(c3ccccc3)c3ccc(-c4ccc(OC(=O)C=C)cc4)cc3)C=C2)cc1. The molecule has 1 aliphatic carbocycles. The molecule has 0 bridgehead atoms. The molecule has 5 rings (SSSR count). The quantitative estimate of drug-likeness (QED) is 0.122. The zero-order valence-corrected chi connectivity index (χ0v) is 22.5. The molecule has 202 valence electrons. The van der Waals surface area contributed by atoms with Gasteiger partial charge >= 0.3 is 11.9 Å². The standard InChI is InChI=1S/C36H29NO4/c1-3-35(38)40-33-22-14-28(15-23-33)26-10-18-31(19-11-26)37(30-8-6-5-7-9-30)32-20-12-27(13-21-32)29-16-24-34(25-17-29)41-36(39)4-2/h3-20,22-25,32H,1-2,21H2. The van der Waals surface area contributed by atoms with E-state index in [-0.39, 0.29) is 6.04 Å². The summed E-state index contributed by atoms with van der Waals surface area (Å²) < 4.78 is 10.4. The third kappa shape index (κ3) is 6.60. The Balaban J connectivity index is 1.34. The summed E-state index contributed by atoms with van der Waals surface area (Å²) in [5, 5.41) is 0. The summed E-state index contributed by atoms with van der Waals surface area (Å²) in [5.41, 5.74) is 6.45. The van der Waals surface area contributed by atoms with Gasteiger partial charge in [-0.15, -0.1) is 0 Å². The van der Waals surface area contributed by atoms with Crippen LogP contribution >= 0.6 is 0 Å². The van der Waals surface area contributed by atoms with Crippen molar-refractivity contribution in [1.82, 2.24) is 0 Å². The average molecular weight is 540 g/mol. The number of carbonyl (C=O) groups is 2. The van der Waals surface area contributed by atoms with Gasteiger partial charge in [0.2, 0.25) is 0 Å². The van der Waals surface area contributed by atoms with Gasteiger partial charge in [-0.2, -0.15) is 0 Å². The fourth-order valence-electron chi connectivity index (χ4n) is 4.70. The fourth-order valence-corrected chi connectivity index (χ4v) is 4.70. The van der Waals surface area contributed by atoms with Crippen LogP contribution in [0.15, 0.2) is 147 Å². The van der Waals surface area contributed by atoms with E-state index in [2.05, 4.69) is 72.7 Å². The highest BCUT2D eigenvalue weighted by Crippen LogP contribution is 2.34. The van der Waals surface area contributed by atoms with Gasteiger partial charge in [-0.05, 0) is 77.2 Å². The van der Waals surface area contributed by atoms with Crippen LogP contribution in [0.1, 0.15) is 12.0 Å². The number of esters is 2. The third-order valence-electron chi connectivity index (χ3n) is 6.73. The molecule has 0 saturated carbocycles. The van der Waals surface area contributed by atoms with Crippen LogP contribution in [0.25, 0.3) is 16.7 Å². The minimum absolute atomic E-state index is 0.124. The molecule has 0 radical (unpaired) electrons. The first-order chi connectivity index (χ1) is 20.0. The molecule has 4 aromatic carbocycles. The van der Waals surface area contributed by atoms with Crippen molar-refractivity contribution in [2.24, 2.45) is 0 Å². The van der Waals surface area contributed by atoms with Crippen molar-refractivity contribution in [3.05, 3.63) is 152 Å². The van der Waals surface area contributed by atoms with Crippen molar-refractivity contribution in [3.63, 3.8) is 0 Å². The van der Waals surface area contributed by atoms with Crippen LogP contribution < -0.4 is 14.4 Å². The Kier molecular flexibility index (Phi) is 8.36. The second kappa shape index (κ2) is 12.6. The van der Waals surface area contributed by atoms with E-state index in [0.29, 0.717) is 11.5 Å². The van der Waals surface area contributed by atoms with Crippen molar-refractivity contribution >= 4 is 28.9 Å². The smallest absolute Gasteiger partial charge is 0.335 e. The number of hydrogen-bond donors (Lipinski definition) is 0. The molecule has 0 amide bonds. The number of anilines is 2. The Labute approximate surface area is 240 Å². The molecule has 1 atom stereocenters. The molecule has 0 fully saturated rings. The van der Waals surface area contributed by atoms with Crippen LogP contribution in [0.2, 0.25) is 0 Å². The average Bonchev–Trinajstić information content (AvgIpc) is 3.03. The highest BCUT2D eigenvalue weighted by atomic mass is 16.5. The number of allylic oxidation sites excluding steroid dienone is 2. The van der Waals surface area contributed by atoms with Gasteiger partial charge in [0, 0.05) is 23.5 Å². The first kappa shape index (κ1) is 27.2. The topological polar surface area (TPSA) is 55.8 Å². The molecule has 41 heavy (non-hydrogen) atoms. The summed E-state index contributed by atoms with van der Waals surface area (Å²) in [4.78, 5) is 25.3. The van der Waals surface area contributed by atoms with Gasteiger partial charge in [0.25, 0.3) is 0 Å². The minimum Gasteiger partial charge on any atom is -0.423 e. The zero-order valence-electron chi connectivity index (χ0n) is 22.5. The fraction of sp³-hybridized carbons (Fsp3) is 0.0556. The van der Waals surface area contributed by atoms with Crippen molar-refractivity contribution in [2.45, 2.75) is 12.5 Å². The molecule has 1 unspecified atom stereocenters. The number of hydrogen-bond acceptors (Lipinski definition) is 5. The largest absolute Gasteiger partial charge is 0.423 e. The first-order valence-electron chi connectivity index (χ1n) is 13.3. The van der Waals surface area contributed by atoms with E-state index >= 15 is 0 Å². The van der Waals surface area contributed by atoms with Gasteiger partial charge in [0.05, 0.1) is 6.04 Å². The maximum absolute atomic E-state index is 11.5. The molecule has 0 spiro atoms. The Morgan fingerprint density at radius 2 is 1.15 bits per heavy atom. The van der Waals surface area contributed by atoms with Gasteiger partial charge in [-0.3, -0.25) is 0 Å². The Bertz CT molecular complexity index is 1600. The van der Waals surface area contributed by atoms with Gasteiger partial charge in [-0.25, -0.2) is 9.59 Å². The van der Waals surface area contributed by atoms with Gasteiger partial charge in [0.15, 0.2) is 0 Å². The molecule has 0 heterocycles. The van der Waals surface area contributed by atoms with Crippen LogP contribution in [0.4, 0.5) is 11.4 Å². The van der Waals surface area contributed by atoms with E-state index in [4.69, 9.17) is 9.47 Å². The summed E-state index contributed by atoms with van der Waals surface area (Å²) in [5.74, 6) is 0.0129. The van der Waals surface area contributed by atoms with E-state index in [9.17, 15) is 9.59 Å². The highest BCUT2D eigenvalue weighted by Gasteiger charge is 2.20. The summed E-state index contributed by atoms with van der Waals surface area (Å²) in [6.45, 7) is 6.86. The van der Waals surface area contributed by atoms with Gasteiger partial charge in [-0.1, -0.05) is 86.0 Å². The minimum atomic E-state index is -0.480. The number of para-hydroxylation sites is 1. The van der Waals surface area contributed by atoms with Crippen LogP contribution in [-0.2, 0) is 9.59 Å². The van der Waals surface area contributed by atoms with Crippen molar-refractivity contribution in [2.75, 3.05) is 4.90 Å². The maximum atomic E-state index is 11.5. The number of nitrogens with zero attached hydrogens (tertiary/aromatic N) is 1.